The van der Waals surface area contributed by atoms with E-state index in [-0.39, 0.29) is 5.41 Å². The fourth-order valence-electron chi connectivity index (χ4n) is 3.16. The van der Waals surface area contributed by atoms with Crippen LogP contribution in [0.2, 0.25) is 0 Å². The molecule has 2 rings (SSSR count). The minimum Gasteiger partial charge on any atom is -0.497 e. The lowest BCUT2D eigenvalue weighted by Crippen LogP contribution is -2.53. The lowest BCUT2D eigenvalue weighted by Gasteiger charge is -2.44. The van der Waals surface area contributed by atoms with Gasteiger partial charge in [0.1, 0.15) is 11.8 Å². The summed E-state index contributed by atoms with van der Waals surface area (Å²) in [5.74, 6) is 0.0863. The van der Waals surface area contributed by atoms with Gasteiger partial charge in [-0.3, -0.25) is 9.69 Å². The summed E-state index contributed by atoms with van der Waals surface area (Å²) in [6.07, 6.45) is 2.00. The third-order valence-electron chi connectivity index (χ3n) is 4.13. The highest BCUT2D eigenvalue weighted by Crippen LogP contribution is 2.36. The number of ether oxygens (including phenoxy) is 1. The number of methoxy groups -OCH3 is 1. The zero-order valence-electron chi connectivity index (χ0n) is 12.4. The van der Waals surface area contributed by atoms with Crippen molar-refractivity contribution in [3.63, 3.8) is 0 Å². The lowest BCUT2D eigenvalue weighted by molar-refractivity contribution is -0.151. The molecule has 4 nitrogen and oxygen atoms in total. The summed E-state index contributed by atoms with van der Waals surface area (Å²) in [5, 5.41) is 9.56. The van der Waals surface area contributed by atoms with Crippen LogP contribution in [0.3, 0.4) is 0 Å². The van der Waals surface area contributed by atoms with Gasteiger partial charge in [0.15, 0.2) is 0 Å². The topological polar surface area (TPSA) is 49.8 Å². The molecule has 1 aromatic carbocycles. The number of rotatable bonds is 4. The Bertz CT molecular complexity index is 484. The largest absolute Gasteiger partial charge is 0.497 e. The Balaban J connectivity index is 2.19. The van der Waals surface area contributed by atoms with Crippen molar-refractivity contribution in [2.45, 2.75) is 39.3 Å². The van der Waals surface area contributed by atoms with Gasteiger partial charge < -0.3 is 9.84 Å². The third-order valence-corrected chi connectivity index (χ3v) is 4.13. The molecule has 1 aliphatic rings. The Kier molecular flexibility index (Phi) is 4.33. The summed E-state index contributed by atoms with van der Waals surface area (Å²) >= 11 is 0. The molecule has 1 fully saturated rings. The van der Waals surface area contributed by atoms with Gasteiger partial charge in [0.2, 0.25) is 0 Å². The van der Waals surface area contributed by atoms with E-state index in [0.29, 0.717) is 6.54 Å². The van der Waals surface area contributed by atoms with Crippen LogP contribution in [0, 0.1) is 5.41 Å². The van der Waals surface area contributed by atoms with E-state index in [2.05, 4.69) is 4.90 Å². The van der Waals surface area contributed by atoms with Crippen molar-refractivity contribution in [3.8, 4) is 5.75 Å². The number of nitrogens with zero attached hydrogens (tertiary/aromatic N) is 1. The molecule has 1 atom stereocenters. The maximum atomic E-state index is 11.6. The average Bonchev–Trinajstić information content (AvgIpc) is 2.37. The van der Waals surface area contributed by atoms with E-state index >= 15 is 0 Å². The molecule has 1 unspecified atom stereocenters. The van der Waals surface area contributed by atoms with E-state index in [1.807, 2.05) is 38.1 Å². The molecule has 0 saturated carbocycles. The van der Waals surface area contributed by atoms with Gasteiger partial charge in [-0.05, 0) is 42.5 Å². The van der Waals surface area contributed by atoms with Crippen molar-refractivity contribution >= 4 is 5.97 Å². The van der Waals surface area contributed by atoms with Crippen molar-refractivity contribution in [3.05, 3.63) is 29.8 Å². The molecular formula is C16H23NO3. The third kappa shape index (κ3) is 3.12. The van der Waals surface area contributed by atoms with Crippen molar-refractivity contribution in [2.75, 3.05) is 13.7 Å². The van der Waals surface area contributed by atoms with Crippen molar-refractivity contribution in [2.24, 2.45) is 5.41 Å². The molecule has 0 amide bonds. The quantitative estimate of drug-likeness (QED) is 0.919. The highest BCUT2D eigenvalue weighted by molar-refractivity contribution is 5.74. The van der Waals surface area contributed by atoms with Gasteiger partial charge in [0, 0.05) is 6.54 Å². The molecule has 1 aliphatic heterocycles. The number of benzene rings is 1. The van der Waals surface area contributed by atoms with Crippen molar-refractivity contribution in [1.29, 1.82) is 0 Å². The second-order valence-electron chi connectivity index (χ2n) is 6.15. The first-order valence-electron chi connectivity index (χ1n) is 7.04. The average molecular weight is 277 g/mol. The number of carbonyl (C=O) groups is 1. The van der Waals surface area contributed by atoms with E-state index in [0.717, 1.165) is 30.7 Å². The maximum absolute atomic E-state index is 11.6. The molecule has 110 valence electrons. The maximum Gasteiger partial charge on any atom is 0.321 e. The zero-order valence-corrected chi connectivity index (χ0v) is 12.4. The summed E-state index contributed by atoms with van der Waals surface area (Å²) in [6, 6.07) is 7.41. The number of hydrogen-bond acceptors (Lipinski definition) is 3. The summed E-state index contributed by atoms with van der Waals surface area (Å²) in [5.41, 5.74) is 0.900. The summed E-state index contributed by atoms with van der Waals surface area (Å²) < 4.78 is 5.22. The first-order valence-corrected chi connectivity index (χ1v) is 7.04. The highest BCUT2D eigenvalue weighted by Gasteiger charge is 2.42. The molecule has 0 bridgehead atoms. The summed E-state index contributed by atoms with van der Waals surface area (Å²) in [4.78, 5) is 13.7. The fraction of sp³-hybridized carbons (Fsp3) is 0.562. The van der Waals surface area contributed by atoms with Gasteiger partial charge >= 0.3 is 5.97 Å². The van der Waals surface area contributed by atoms with Gasteiger partial charge in [0.25, 0.3) is 0 Å². The smallest absolute Gasteiger partial charge is 0.321 e. The Morgan fingerprint density at radius 1 is 1.50 bits per heavy atom. The molecule has 0 aromatic heterocycles. The van der Waals surface area contributed by atoms with Crippen LogP contribution in [-0.2, 0) is 11.3 Å². The molecule has 0 spiro atoms. The van der Waals surface area contributed by atoms with E-state index in [1.165, 1.54) is 0 Å². The van der Waals surface area contributed by atoms with E-state index in [1.54, 1.807) is 7.11 Å². The van der Waals surface area contributed by atoms with Gasteiger partial charge in [-0.2, -0.15) is 0 Å². The zero-order chi connectivity index (χ0) is 14.8. The van der Waals surface area contributed by atoms with Gasteiger partial charge in [-0.25, -0.2) is 0 Å². The van der Waals surface area contributed by atoms with E-state index in [9.17, 15) is 9.90 Å². The van der Waals surface area contributed by atoms with Gasteiger partial charge in [-0.15, -0.1) is 0 Å². The number of hydrogen-bond donors (Lipinski definition) is 1. The molecule has 0 radical (unpaired) electrons. The normalized spacial score (nSPS) is 22.4. The molecule has 1 saturated heterocycles. The predicted octanol–water partition coefficient (Wildman–Crippen LogP) is 2.77. The van der Waals surface area contributed by atoms with Gasteiger partial charge in [-0.1, -0.05) is 26.0 Å². The summed E-state index contributed by atoms with van der Waals surface area (Å²) in [6.45, 7) is 5.57. The van der Waals surface area contributed by atoms with Crippen LogP contribution >= 0.6 is 0 Å². The standard InChI is InChI=1S/C16H23NO3/c1-16(2)8-5-9-17(14(16)15(18)19)11-12-6-4-7-13(10-12)20-3/h4,6-7,10,14H,5,8-9,11H2,1-3H3,(H,18,19). The first-order chi connectivity index (χ1) is 9.44. The molecule has 1 heterocycles. The van der Waals surface area contributed by atoms with Crippen LogP contribution in [0.25, 0.3) is 0 Å². The van der Waals surface area contributed by atoms with E-state index < -0.39 is 12.0 Å². The number of carboxylic acids is 1. The van der Waals surface area contributed by atoms with Crippen LogP contribution in [0.1, 0.15) is 32.3 Å². The second kappa shape index (κ2) is 5.83. The Hall–Kier alpha value is -1.55. The molecule has 20 heavy (non-hydrogen) atoms. The Labute approximate surface area is 120 Å². The SMILES string of the molecule is COc1cccc(CN2CCCC(C)(C)C2C(=O)O)c1. The molecule has 0 aliphatic carbocycles. The Morgan fingerprint density at radius 3 is 2.90 bits per heavy atom. The van der Waals surface area contributed by atoms with Crippen LogP contribution in [0.15, 0.2) is 24.3 Å². The minimum atomic E-state index is -0.724. The number of likely N-dealkylation sites (tertiary alicyclic amines) is 1. The molecule has 4 heteroatoms. The van der Waals surface area contributed by atoms with Crippen LogP contribution < -0.4 is 4.74 Å². The lowest BCUT2D eigenvalue weighted by atomic mass is 9.76. The minimum absolute atomic E-state index is 0.192. The number of carboxylic acid groups (broad SMARTS) is 1. The van der Waals surface area contributed by atoms with Crippen molar-refractivity contribution < 1.29 is 14.6 Å². The van der Waals surface area contributed by atoms with Crippen LogP contribution in [0.5, 0.6) is 5.75 Å². The van der Waals surface area contributed by atoms with Crippen LogP contribution in [-0.4, -0.2) is 35.7 Å². The number of aliphatic carboxylic acids is 1. The highest BCUT2D eigenvalue weighted by atomic mass is 16.5. The van der Waals surface area contributed by atoms with E-state index in [4.69, 9.17) is 4.74 Å². The first kappa shape index (κ1) is 14.9. The predicted molar refractivity (Wildman–Crippen MR) is 77.8 cm³/mol. The fourth-order valence-corrected chi connectivity index (χ4v) is 3.16. The number of piperidine rings is 1. The molecule has 1 N–H and O–H groups in total. The monoisotopic (exact) mass is 277 g/mol. The van der Waals surface area contributed by atoms with Gasteiger partial charge in [0.05, 0.1) is 7.11 Å². The Morgan fingerprint density at radius 2 is 2.25 bits per heavy atom. The summed E-state index contributed by atoms with van der Waals surface area (Å²) in [7, 11) is 1.64. The molecular weight excluding hydrogens is 254 g/mol. The van der Waals surface area contributed by atoms with Crippen LogP contribution in [0.4, 0.5) is 0 Å². The second-order valence-corrected chi connectivity index (χ2v) is 6.15. The van der Waals surface area contributed by atoms with Crippen molar-refractivity contribution in [1.82, 2.24) is 4.90 Å². The molecule has 1 aromatic rings.